The molecule has 0 saturated carbocycles. The molecule has 3 saturated heterocycles. The average molecular weight is 1200 g/mol. The highest BCUT2D eigenvalue weighted by Crippen LogP contribution is 2.68. The lowest BCUT2D eigenvalue weighted by Crippen LogP contribution is -2.46. The second-order valence-electron chi connectivity index (χ2n) is 18.5. The standard InChI is InChI=1S/C37H54N14O24P4/c1-15(2)70-28-22(46-76(59,60)67-11-19-26(55)27(56)34(73-19)49-7-6-20(52)43-37(49)58)18(72-35(28)50-13-42-23-29(38)40-12-41-30(23)50)10-69-78(63,64)75-79(65,66)74-77(61,62)68-9-17-16(8-21(53)47(3)4)25(54)33(71-17)51-14-48(5)24-31(51)44-36(39)45-32(24)57/h6-7,12-19,22,25-28,33-35,54-56H,8-11H2,1-5H3,(H10-,38,39,40,41,43,44,45,46,52,57,58,59,60,61,62,63,64,65,66)/p+1/t16-,17-,18-,19-,22-,25-,26-,27-,28-,33?,34-,35-/m1/s1. The number of phosphoric ester groups is 2. The number of nitrogens with one attached hydrogen (secondary N) is 3. The summed E-state index contributed by atoms with van der Waals surface area (Å²) in [5.74, 6) is -2.17. The Morgan fingerprint density at radius 1 is 0.848 bits per heavy atom. The molecular formula is C37H55N14O24P4+. The summed E-state index contributed by atoms with van der Waals surface area (Å²) in [5, 5.41) is 35.2. The summed E-state index contributed by atoms with van der Waals surface area (Å²) in [6.07, 6.45) is -12.7. The topological polar surface area (TPSA) is 530 Å². The molecule has 3 aliphatic heterocycles. The quantitative estimate of drug-likeness (QED) is 0.0234. The predicted octanol–water partition coefficient (Wildman–Crippen LogP) is -3.79. The lowest BCUT2D eigenvalue weighted by Gasteiger charge is -2.29. The number of aromatic nitrogens is 10. The first kappa shape index (κ1) is 60.0. The number of phosphoric acid groups is 3. The number of imidazole rings is 2. The number of aliphatic hydroxyl groups excluding tert-OH is 3. The molecule has 0 spiro atoms. The molecule has 5 unspecified atom stereocenters. The van der Waals surface area contributed by atoms with E-state index in [0.717, 1.165) is 23.2 Å². The maximum absolute atomic E-state index is 13.9. The van der Waals surface area contributed by atoms with Gasteiger partial charge in [0.25, 0.3) is 17.1 Å². The number of aryl methyl sites for hydroxylation is 1. The number of anilines is 2. The van der Waals surface area contributed by atoms with E-state index in [1.807, 2.05) is 4.98 Å². The Morgan fingerprint density at radius 2 is 1.49 bits per heavy atom. The summed E-state index contributed by atoms with van der Waals surface area (Å²) in [5.41, 5.74) is 9.30. The molecule has 16 atom stereocenters. The van der Waals surface area contributed by atoms with Gasteiger partial charge in [-0.25, -0.2) is 47.7 Å². The number of hydrogen-bond donors (Lipinski definition) is 12. The Kier molecular flexibility index (Phi) is 17.5. The van der Waals surface area contributed by atoms with Crippen molar-refractivity contribution in [2.24, 2.45) is 13.0 Å². The van der Waals surface area contributed by atoms with E-state index in [1.54, 1.807) is 13.8 Å². The van der Waals surface area contributed by atoms with Crippen molar-refractivity contribution in [1.29, 1.82) is 0 Å². The molecule has 436 valence electrons. The third-order valence-electron chi connectivity index (χ3n) is 12.3. The van der Waals surface area contributed by atoms with Crippen molar-refractivity contribution in [3.63, 3.8) is 0 Å². The van der Waals surface area contributed by atoms with Gasteiger partial charge in [0, 0.05) is 38.7 Å². The number of hydrogen-bond acceptors (Lipinski definition) is 26. The van der Waals surface area contributed by atoms with Gasteiger partial charge in [-0.2, -0.15) is 8.62 Å². The van der Waals surface area contributed by atoms with Crippen molar-refractivity contribution < 1.29 is 104 Å². The van der Waals surface area contributed by atoms with Crippen LogP contribution in [0, 0.1) is 5.92 Å². The van der Waals surface area contributed by atoms with Gasteiger partial charge in [-0.05, 0) is 13.8 Å². The highest BCUT2D eigenvalue weighted by atomic mass is 31.3. The smallest absolute Gasteiger partial charge is 0.387 e. The number of amides is 1. The monoisotopic (exact) mass is 1200 g/mol. The van der Waals surface area contributed by atoms with Crippen LogP contribution >= 0.6 is 31.2 Å². The fraction of sp³-hybridized carbons (Fsp3) is 0.595. The van der Waals surface area contributed by atoms with E-state index < -0.39 is 160 Å². The Morgan fingerprint density at radius 3 is 2.14 bits per heavy atom. The molecule has 5 aromatic heterocycles. The molecule has 0 aromatic carbocycles. The maximum atomic E-state index is 13.9. The first-order valence-corrected chi connectivity index (χ1v) is 29.2. The van der Waals surface area contributed by atoms with E-state index in [1.165, 1.54) is 52.4 Å². The van der Waals surface area contributed by atoms with Crippen molar-refractivity contribution in [2.75, 3.05) is 45.4 Å². The van der Waals surface area contributed by atoms with E-state index in [-0.39, 0.29) is 34.1 Å². The Hall–Kier alpha value is -5.11. The van der Waals surface area contributed by atoms with Gasteiger partial charge in [-0.15, -0.1) is 0 Å². The minimum Gasteiger partial charge on any atom is -0.387 e. The van der Waals surface area contributed by atoms with E-state index >= 15 is 0 Å². The average Bonchev–Trinajstić information content (AvgIpc) is 4.34. The molecule has 79 heavy (non-hydrogen) atoms. The third-order valence-corrected chi connectivity index (χ3v) is 17.7. The van der Waals surface area contributed by atoms with E-state index in [4.69, 9.17) is 44.0 Å². The molecule has 8 heterocycles. The van der Waals surface area contributed by atoms with Crippen molar-refractivity contribution >= 4 is 71.2 Å². The summed E-state index contributed by atoms with van der Waals surface area (Å²) >= 11 is 0. The third kappa shape index (κ3) is 13.3. The summed E-state index contributed by atoms with van der Waals surface area (Å²) in [4.78, 5) is 115. The predicted molar refractivity (Wildman–Crippen MR) is 260 cm³/mol. The molecule has 0 bridgehead atoms. The van der Waals surface area contributed by atoms with Gasteiger partial charge < -0.3 is 70.2 Å². The molecule has 0 aliphatic carbocycles. The fourth-order valence-corrected chi connectivity index (χ4v) is 13.5. The number of nitrogen functional groups attached to an aromatic ring is 2. The van der Waals surface area contributed by atoms with Crippen LogP contribution in [0.25, 0.3) is 22.3 Å². The zero-order valence-electron chi connectivity index (χ0n) is 41.8. The molecule has 5 aromatic rings. The van der Waals surface area contributed by atoms with Crippen LogP contribution in [0.3, 0.4) is 0 Å². The largest absolute Gasteiger partial charge is 0.490 e. The van der Waals surface area contributed by atoms with Crippen LogP contribution in [0.4, 0.5) is 11.8 Å². The van der Waals surface area contributed by atoms with Gasteiger partial charge in [0.15, 0.2) is 30.2 Å². The molecule has 42 heteroatoms. The lowest BCUT2D eigenvalue weighted by molar-refractivity contribution is -0.745. The van der Waals surface area contributed by atoms with Crippen LogP contribution < -0.4 is 37.9 Å². The molecule has 3 fully saturated rings. The van der Waals surface area contributed by atoms with E-state index in [2.05, 4.69) is 38.6 Å². The molecule has 3 aliphatic rings. The van der Waals surface area contributed by atoms with Crippen LogP contribution in [0.5, 0.6) is 0 Å². The number of rotatable bonds is 22. The minimum absolute atomic E-state index is 0.00718. The molecule has 8 rings (SSSR count). The van der Waals surface area contributed by atoms with Gasteiger partial charge in [0.05, 0.1) is 51.4 Å². The van der Waals surface area contributed by atoms with Gasteiger partial charge in [-0.1, -0.05) is 4.98 Å². The number of carbonyl (C=O) groups is 1. The minimum atomic E-state index is -6.23. The Balaban J connectivity index is 0.971. The second-order valence-corrected chi connectivity index (χ2v) is 24.7. The van der Waals surface area contributed by atoms with Crippen LogP contribution in [-0.4, -0.2) is 178 Å². The zero-order valence-corrected chi connectivity index (χ0v) is 45.3. The first-order valence-electron chi connectivity index (χ1n) is 23.2. The summed E-state index contributed by atoms with van der Waals surface area (Å²) < 4.78 is 106. The number of carbonyl (C=O) groups excluding carboxylic acids is 1. The van der Waals surface area contributed by atoms with Crippen LogP contribution in [-0.2, 0) is 71.2 Å². The summed E-state index contributed by atoms with van der Waals surface area (Å²) in [6, 6.07) is -0.747. The fourth-order valence-electron chi connectivity index (χ4n) is 8.84. The normalized spacial score (nSPS) is 29.4. The maximum Gasteiger partial charge on any atom is 0.490 e. The number of nitrogens with zero attached hydrogens (tertiary/aromatic N) is 9. The van der Waals surface area contributed by atoms with Crippen molar-refractivity contribution in [3.8, 4) is 0 Å². The summed E-state index contributed by atoms with van der Waals surface area (Å²) in [6.45, 7) is -0.124. The SMILES string of the molecule is CC(C)O[C@@H]1[C@H](NP(=O)(O)OC[C@H]2O[C@@H](n3ccc(=O)[nH]c3=O)[C@H](O)[C@@H]2O)[C@@H](COP(=O)(O)OP(=O)(O)OP(=O)(O)OC[C@H]2OC([n+]3cn(C)c4c(=O)[nH]c(N)nc43)[C@H](O)[C@@H]2CC(=O)N(C)C)O[C@H]1n1cnc2c(N)ncnc21. The van der Waals surface area contributed by atoms with Gasteiger partial charge in [-0.3, -0.25) is 51.6 Å². The number of H-pyrrole nitrogens is 2. The van der Waals surface area contributed by atoms with Crippen molar-refractivity contribution in [2.45, 2.75) is 93.8 Å². The Labute approximate surface area is 442 Å². The summed E-state index contributed by atoms with van der Waals surface area (Å²) in [7, 11) is -19.0. The molecule has 1 amide bonds. The number of aliphatic hydroxyl groups is 3. The zero-order chi connectivity index (χ0) is 57.8. The highest BCUT2D eigenvalue weighted by molar-refractivity contribution is 7.66. The molecule has 0 radical (unpaired) electrons. The van der Waals surface area contributed by atoms with Crippen molar-refractivity contribution in [3.05, 3.63) is 62.4 Å². The molecule has 38 nitrogen and oxygen atoms in total. The number of fused-ring (bicyclic) bond motifs is 2. The number of nitrogens with two attached hydrogens (primary N) is 2. The Bertz CT molecular complexity index is 3470. The molecular weight excluding hydrogens is 1150 g/mol. The van der Waals surface area contributed by atoms with Crippen molar-refractivity contribution in [1.82, 2.24) is 53.6 Å². The second kappa shape index (κ2) is 23.0. The van der Waals surface area contributed by atoms with Gasteiger partial charge in [0.2, 0.25) is 17.7 Å². The van der Waals surface area contributed by atoms with Gasteiger partial charge in [0.1, 0.15) is 48.5 Å². The van der Waals surface area contributed by atoms with Crippen LogP contribution in [0.1, 0.15) is 39.0 Å². The van der Waals surface area contributed by atoms with Crippen LogP contribution in [0.15, 0.2) is 45.6 Å². The van der Waals surface area contributed by atoms with E-state index in [9.17, 15) is 72.3 Å². The lowest BCUT2D eigenvalue weighted by atomic mass is 9.94. The van der Waals surface area contributed by atoms with Gasteiger partial charge >= 0.3 is 42.6 Å². The molecule has 14 N–H and O–H groups in total. The number of aromatic amines is 2. The number of ether oxygens (including phenoxy) is 4. The van der Waals surface area contributed by atoms with Crippen LogP contribution in [0.2, 0.25) is 0 Å². The van der Waals surface area contributed by atoms with E-state index in [0.29, 0.717) is 0 Å². The highest BCUT2D eigenvalue weighted by Gasteiger charge is 2.54. The first-order chi connectivity index (χ1) is 36.8.